The molecule has 0 radical (unpaired) electrons. The van der Waals surface area contributed by atoms with E-state index in [9.17, 15) is 0 Å². The van der Waals surface area contributed by atoms with E-state index in [0.29, 0.717) is 0 Å². The predicted molar refractivity (Wildman–Crippen MR) is 53.4 cm³/mol. The Labute approximate surface area is 79.6 Å². The molecule has 2 heteroatoms. The zero-order valence-electron chi connectivity index (χ0n) is 6.86. The molecule has 0 nitrogen and oxygen atoms in total. The minimum Gasteiger partial charge on any atom is -0.127 e. The lowest BCUT2D eigenvalue weighted by Gasteiger charge is -1.96. The second-order valence-electron chi connectivity index (χ2n) is 2.61. The average molecular weight is 195 g/mol. The van der Waals surface area contributed by atoms with Crippen LogP contribution >= 0.6 is 23.2 Å². The third kappa shape index (κ3) is 10.3. The summed E-state index contributed by atoms with van der Waals surface area (Å²) in [6.07, 6.45) is 9.42. The van der Waals surface area contributed by atoms with E-state index in [-0.39, 0.29) is 0 Å². The third-order valence-electron chi connectivity index (χ3n) is 1.59. The summed E-state index contributed by atoms with van der Waals surface area (Å²) in [5.41, 5.74) is 1.60. The predicted octanol–water partition coefficient (Wildman–Crippen LogP) is 4.32. The summed E-state index contributed by atoms with van der Waals surface area (Å²) in [6.45, 7) is 0. The molecule has 0 aromatic heterocycles. The monoisotopic (exact) mass is 194 g/mol. The van der Waals surface area contributed by atoms with Crippen molar-refractivity contribution in [3.63, 3.8) is 0 Å². The van der Waals surface area contributed by atoms with Gasteiger partial charge in [-0.15, -0.1) is 11.6 Å². The Kier molecular flexibility index (Phi) is 10.6. The molecule has 0 aromatic rings. The SMILES string of the molecule is ClC=CCCCCCCCCl. The molecule has 0 amide bonds. The van der Waals surface area contributed by atoms with E-state index in [1.807, 2.05) is 6.08 Å². The maximum absolute atomic E-state index is 5.54. The van der Waals surface area contributed by atoms with E-state index in [2.05, 4.69) is 0 Å². The van der Waals surface area contributed by atoms with Crippen LogP contribution in [0.2, 0.25) is 0 Å². The molecule has 0 saturated heterocycles. The Morgan fingerprint density at radius 2 is 1.55 bits per heavy atom. The topological polar surface area (TPSA) is 0 Å². The lowest BCUT2D eigenvalue weighted by molar-refractivity contribution is 0.639. The number of unbranched alkanes of at least 4 members (excludes halogenated alkanes) is 5. The number of hydrogen-bond donors (Lipinski definition) is 0. The van der Waals surface area contributed by atoms with Gasteiger partial charge in [-0.05, 0) is 19.3 Å². The molecule has 0 N–H and O–H groups in total. The van der Waals surface area contributed by atoms with Crippen LogP contribution in [0.3, 0.4) is 0 Å². The zero-order valence-corrected chi connectivity index (χ0v) is 8.37. The highest BCUT2D eigenvalue weighted by Gasteiger charge is 1.87. The Bertz CT molecular complexity index is 89.6. The number of alkyl halides is 1. The van der Waals surface area contributed by atoms with E-state index in [1.54, 1.807) is 5.54 Å². The van der Waals surface area contributed by atoms with Crippen LogP contribution in [0.4, 0.5) is 0 Å². The van der Waals surface area contributed by atoms with Gasteiger partial charge in [-0.25, -0.2) is 0 Å². The zero-order chi connectivity index (χ0) is 8.36. The quantitative estimate of drug-likeness (QED) is 0.419. The molecule has 0 heterocycles. The minimum absolute atomic E-state index is 0.807. The Hall–Kier alpha value is 0.320. The van der Waals surface area contributed by atoms with E-state index in [0.717, 1.165) is 18.7 Å². The number of rotatable bonds is 7. The molecule has 0 rings (SSSR count). The van der Waals surface area contributed by atoms with Gasteiger partial charge in [0.25, 0.3) is 0 Å². The van der Waals surface area contributed by atoms with Gasteiger partial charge in [-0.3, -0.25) is 0 Å². The highest BCUT2D eigenvalue weighted by Crippen LogP contribution is 2.06. The molecule has 0 atom stereocenters. The molecule has 0 aromatic carbocycles. The smallest absolute Gasteiger partial charge is 0.0223 e. The van der Waals surface area contributed by atoms with Gasteiger partial charge in [0, 0.05) is 11.4 Å². The molecule has 0 unspecified atom stereocenters. The van der Waals surface area contributed by atoms with Crippen molar-refractivity contribution in [3.8, 4) is 0 Å². The molecular weight excluding hydrogens is 179 g/mol. The minimum atomic E-state index is 0.807. The lowest BCUT2D eigenvalue weighted by atomic mass is 10.1. The molecule has 11 heavy (non-hydrogen) atoms. The third-order valence-corrected chi connectivity index (χ3v) is 2.04. The van der Waals surface area contributed by atoms with Crippen molar-refractivity contribution in [1.29, 1.82) is 0 Å². The molecular formula is C9H16Cl2. The normalized spacial score (nSPS) is 11.1. The van der Waals surface area contributed by atoms with Gasteiger partial charge in [0.15, 0.2) is 0 Å². The fraction of sp³-hybridized carbons (Fsp3) is 0.778. The molecule has 0 fully saturated rings. The molecule has 0 spiro atoms. The van der Waals surface area contributed by atoms with E-state index >= 15 is 0 Å². The van der Waals surface area contributed by atoms with Gasteiger partial charge in [0.2, 0.25) is 0 Å². The van der Waals surface area contributed by atoms with Crippen LogP contribution in [0, 0.1) is 0 Å². The van der Waals surface area contributed by atoms with Gasteiger partial charge < -0.3 is 0 Å². The Morgan fingerprint density at radius 1 is 0.909 bits per heavy atom. The van der Waals surface area contributed by atoms with E-state index in [4.69, 9.17) is 23.2 Å². The summed E-state index contributed by atoms with van der Waals surface area (Å²) in [6, 6.07) is 0. The van der Waals surface area contributed by atoms with Crippen LogP contribution in [0.25, 0.3) is 0 Å². The fourth-order valence-corrected chi connectivity index (χ4v) is 1.26. The number of halogens is 2. The summed E-state index contributed by atoms with van der Waals surface area (Å²) in [5.74, 6) is 0.807. The van der Waals surface area contributed by atoms with Crippen molar-refractivity contribution in [3.05, 3.63) is 11.6 Å². The summed E-state index contributed by atoms with van der Waals surface area (Å²) >= 11 is 10.9. The summed E-state index contributed by atoms with van der Waals surface area (Å²) in [7, 11) is 0. The Balaban J connectivity index is 2.79. The van der Waals surface area contributed by atoms with Gasteiger partial charge in [-0.1, -0.05) is 36.9 Å². The molecule has 66 valence electrons. The maximum atomic E-state index is 5.54. The Morgan fingerprint density at radius 3 is 2.18 bits per heavy atom. The molecule has 0 saturated carbocycles. The van der Waals surface area contributed by atoms with Crippen molar-refractivity contribution < 1.29 is 0 Å². The first-order valence-electron chi connectivity index (χ1n) is 4.23. The number of hydrogen-bond acceptors (Lipinski definition) is 0. The first kappa shape index (κ1) is 11.3. The molecule has 0 aliphatic rings. The van der Waals surface area contributed by atoms with Crippen LogP contribution in [-0.2, 0) is 0 Å². The van der Waals surface area contributed by atoms with Crippen molar-refractivity contribution >= 4 is 23.2 Å². The number of allylic oxidation sites excluding steroid dienone is 1. The van der Waals surface area contributed by atoms with Crippen molar-refractivity contribution in [2.24, 2.45) is 0 Å². The van der Waals surface area contributed by atoms with Crippen LogP contribution in [0.5, 0.6) is 0 Å². The van der Waals surface area contributed by atoms with Gasteiger partial charge in [0.1, 0.15) is 0 Å². The highest BCUT2D eigenvalue weighted by atomic mass is 35.5. The van der Waals surface area contributed by atoms with E-state index in [1.165, 1.54) is 25.7 Å². The summed E-state index contributed by atoms with van der Waals surface area (Å²) < 4.78 is 0. The summed E-state index contributed by atoms with van der Waals surface area (Å²) in [5, 5.41) is 0. The standard InChI is InChI=1S/C9H16Cl2/c10-8-6-4-2-1-3-5-7-9-11/h6,8H,1-5,7,9H2. The maximum Gasteiger partial charge on any atom is 0.0223 e. The average Bonchev–Trinajstić information content (AvgIpc) is 2.03. The molecule has 0 bridgehead atoms. The van der Waals surface area contributed by atoms with Crippen LogP contribution in [0.15, 0.2) is 11.6 Å². The van der Waals surface area contributed by atoms with E-state index < -0.39 is 0 Å². The highest BCUT2D eigenvalue weighted by molar-refractivity contribution is 6.25. The van der Waals surface area contributed by atoms with Crippen molar-refractivity contribution in [2.75, 3.05) is 5.88 Å². The van der Waals surface area contributed by atoms with Gasteiger partial charge in [0.05, 0.1) is 0 Å². The molecule has 0 aliphatic carbocycles. The van der Waals surface area contributed by atoms with Crippen LogP contribution in [0.1, 0.15) is 38.5 Å². The lowest BCUT2D eigenvalue weighted by Crippen LogP contribution is -1.78. The second kappa shape index (κ2) is 10.3. The van der Waals surface area contributed by atoms with Crippen LogP contribution in [-0.4, -0.2) is 5.88 Å². The largest absolute Gasteiger partial charge is 0.127 e. The first-order valence-corrected chi connectivity index (χ1v) is 5.20. The van der Waals surface area contributed by atoms with Crippen molar-refractivity contribution in [1.82, 2.24) is 0 Å². The van der Waals surface area contributed by atoms with Gasteiger partial charge >= 0.3 is 0 Å². The summed E-state index contributed by atoms with van der Waals surface area (Å²) in [4.78, 5) is 0. The first-order chi connectivity index (χ1) is 5.41. The fourth-order valence-electron chi connectivity index (χ4n) is 0.950. The van der Waals surface area contributed by atoms with Crippen LogP contribution < -0.4 is 0 Å². The van der Waals surface area contributed by atoms with Gasteiger partial charge in [-0.2, -0.15) is 0 Å². The second-order valence-corrected chi connectivity index (χ2v) is 3.24. The molecule has 0 aliphatic heterocycles. The van der Waals surface area contributed by atoms with Crippen molar-refractivity contribution in [2.45, 2.75) is 38.5 Å².